The number of rotatable bonds is 1. The van der Waals surface area contributed by atoms with Gasteiger partial charge in [-0.1, -0.05) is 0 Å². The molecule has 1 aromatic rings. The number of nitrogens with two attached hydrogens (primary N) is 1. The first-order valence-corrected chi connectivity index (χ1v) is 6.27. The van der Waals surface area contributed by atoms with Gasteiger partial charge in [-0.2, -0.15) is 13.2 Å². The molecule has 0 saturated carbocycles. The number of carboxylic acids is 1. The van der Waals surface area contributed by atoms with E-state index in [-0.39, 0.29) is 0 Å². The summed E-state index contributed by atoms with van der Waals surface area (Å²) in [4.78, 5) is 25.1. The number of hydrogen-bond donors (Lipinski definition) is 3. The van der Waals surface area contributed by atoms with Crippen LogP contribution < -0.4 is 11.1 Å². The molecule has 0 saturated heterocycles. The van der Waals surface area contributed by atoms with Crippen LogP contribution in [0.2, 0.25) is 0 Å². The summed E-state index contributed by atoms with van der Waals surface area (Å²) >= 11 is 1.40. The van der Waals surface area contributed by atoms with Crippen LogP contribution in [0.1, 0.15) is 33.3 Å². The van der Waals surface area contributed by atoms with E-state index in [0.717, 1.165) is 23.5 Å². The zero-order chi connectivity index (χ0) is 15.5. The molecule has 10 heteroatoms. The maximum Gasteiger partial charge on any atom is 0.490 e. The molecular weight excluding hydrogens is 299 g/mol. The lowest BCUT2D eigenvalue weighted by atomic mass is 10.1. The van der Waals surface area contributed by atoms with E-state index in [4.69, 9.17) is 15.6 Å². The molecule has 2 rings (SSSR count). The second-order valence-corrected chi connectivity index (χ2v) is 4.95. The van der Waals surface area contributed by atoms with Crippen LogP contribution in [0, 0.1) is 0 Å². The Hall–Kier alpha value is -1.68. The number of nitrogens with zero attached hydrogens (tertiary/aromatic N) is 1. The van der Waals surface area contributed by atoms with Crippen LogP contribution in [0.5, 0.6) is 0 Å². The molecule has 20 heavy (non-hydrogen) atoms. The van der Waals surface area contributed by atoms with E-state index in [1.807, 2.05) is 0 Å². The quantitative estimate of drug-likeness (QED) is 0.720. The second kappa shape index (κ2) is 6.18. The molecule has 1 unspecified atom stereocenters. The number of fused-ring (bicyclic) bond motifs is 1. The Morgan fingerprint density at radius 3 is 2.45 bits per heavy atom. The Morgan fingerprint density at radius 2 is 2.05 bits per heavy atom. The fraction of sp³-hybridized carbons (Fsp3) is 0.500. The topological polar surface area (TPSA) is 105 Å². The van der Waals surface area contributed by atoms with Crippen LogP contribution in [0.25, 0.3) is 0 Å². The van der Waals surface area contributed by atoms with Crippen LogP contribution in [0.3, 0.4) is 0 Å². The molecule has 112 valence electrons. The molecule has 1 aromatic heterocycles. The van der Waals surface area contributed by atoms with E-state index >= 15 is 0 Å². The van der Waals surface area contributed by atoms with Crippen LogP contribution >= 0.6 is 11.3 Å². The molecular formula is C10H12F3N3O3S. The summed E-state index contributed by atoms with van der Waals surface area (Å²) in [6.45, 7) is 3.00. The Bertz CT molecular complexity index is 516. The fourth-order valence-corrected chi connectivity index (χ4v) is 2.48. The van der Waals surface area contributed by atoms with Crippen molar-refractivity contribution in [2.45, 2.75) is 25.6 Å². The Labute approximate surface area is 115 Å². The Balaban J connectivity index is 0.000000246. The van der Waals surface area contributed by atoms with E-state index in [1.54, 1.807) is 0 Å². The lowest BCUT2D eigenvalue weighted by Crippen LogP contribution is -2.26. The van der Waals surface area contributed by atoms with Gasteiger partial charge in [-0.15, -0.1) is 11.3 Å². The number of hydrogen-bond acceptors (Lipinski definition) is 5. The zero-order valence-corrected chi connectivity index (χ0v) is 11.1. The number of thiazole rings is 1. The van der Waals surface area contributed by atoms with Crippen molar-refractivity contribution in [2.24, 2.45) is 5.73 Å². The third kappa shape index (κ3) is 4.17. The van der Waals surface area contributed by atoms with Crippen LogP contribution in [0.4, 0.5) is 13.2 Å². The number of nitrogens with one attached hydrogen (secondary N) is 1. The van der Waals surface area contributed by atoms with Crippen molar-refractivity contribution in [1.82, 2.24) is 10.3 Å². The molecule has 0 fully saturated rings. The molecule has 0 spiro atoms. The predicted octanol–water partition coefficient (Wildman–Crippen LogP) is 1.08. The largest absolute Gasteiger partial charge is 0.490 e. The highest BCUT2D eigenvalue weighted by Crippen LogP contribution is 2.28. The number of carbonyl (C=O) groups excluding carboxylic acids is 1. The summed E-state index contributed by atoms with van der Waals surface area (Å²) in [5.74, 6) is -3.18. The minimum Gasteiger partial charge on any atom is -0.475 e. The van der Waals surface area contributed by atoms with Crippen LogP contribution in [0.15, 0.2) is 0 Å². The lowest BCUT2D eigenvalue weighted by molar-refractivity contribution is -0.192. The first-order valence-electron chi connectivity index (χ1n) is 5.45. The standard InChI is InChI=1S/C8H11N3OS.C2HF3O2/c1-4-6-5(2-3-10-4)11-8(13-6)7(9)12;3-2(4,5)1(6)7/h4,10H,2-3H2,1H3,(H2,9,12);(H,6,7). The average molecular weight is 311 g/mol. The first kappa shape index (κ1) is 16.4. The molecule has 1 atom stereocenters. The summed E-state index contributed by atoms with van der Waals surface area (Å²) < 4.78 is 31.7. The van der Waals surface area contributed by atoms with E-state index in [9.17, 15) is 18.0 Å². The van der Waals surface area contributed by atoms with Gasteiger partial charge in [-0.25, -0.2) is 9.78 Å². The van der Waals surface area contributed by atoms with Gasteiger partial charge in [0.1, 0.15) is 0 Å². The number of amides is 1. The van der Waals surface area contributed by atoms with Crippen LogP contribution in [-0.2, 0) is 11.2 Å². The number of aliphatic carboxylic acids is 1. The van der Waals surface area contributed by atoms with Crippen molar-refractivity contribution in [3.8, 4) is 0 Å². The normalized spacial score (nSPS) is 17.7. The molecule has 2 heterocycles. The predicted molar refractivity (Wildman–Crippen MR) is 64.4 cm³/mol. The third-order valence-corrected chi connectivity index (χ3v) is 3.68. The molecule has 1 aliphatic rings. The van der Waals surface area contributed by atoms with Gasteiger partial charge in [0.05, 0.1) is 5.69 Å². The van der Waals surface area contributed by atoms with E-state index in [2.05, 4.69) is 17.2 Å². The molecule has 0 aliphatic carbocycles. The first-order chi connectivity index (χ1) is 9.12. The van der Waals surface area contributed by atoms with Gasteiger partial charge in [0.25, 0.3) is 5.91 Å². The van der Waals surface area contributed by atoms with Crippen molar-refractivity contribution >= 4 is 23.2 Å². The number of carbonyl (C=O) groups is 2. The smallest absolute Gasteiger partial charge is 0.475 e. The number of alkyl halides is 3. The van der Waals surface area contributed by atoms with Gasteiger partial charge in [0.2, 0.25) is 0 Å². The fourth-order valence-electron chi connectivity index (χ4n) is 1.49. The van der Waals surface area contributed by atoms with Crippen molar-refractivity contribution in [2.75, 3.05) is 6.54 Å². The maximum absolute atomic E-state index is 10.9. The number of aromatic nitrogens is 1. The molecule has 0 radical (unpaired) electrons. The van der Waals surface area contributed by atoms with Gasteiger partial charge in [0, 0.05) is 23.9 Å². The Morgan fingerprint density at radius 1 is 1.50 bits per heavy atom. The lowest BCUT2D eigenvalue weighted by Gasteiger charge is -2.18. The van der Waals surface area contributed by atoms with E-state index < -0.39 is 18.1 Å². The van der Waals surface area contributed by atoms with Gasteiger partial charge < -0.3 is 16.2 Å². The summed E-state index contributed by atoms with van der Waals surface area (Å²) in [7, 11) is 0. The van der Waals surface area contributed by atoms with E-state index in [1.165, 1.54) is 11.3 Å². The highest BCUT2D eigenvalue weighted by atomic mass is 32.1. The highest BCUT2D eigenvalue weighted by Gasteiger charge is 2.38. The minimum absolute atomic E-state index is 0.300. The van der Waals surface area contributed by atoms with Gasteiger partial charge in [-0.3, -0.25) is 4.79 Å². The maximum atomic E-state index is 10.9. The minimum atomic E-state index is -5.08. The van der Waals surface area contributed by atoms with Crippen molar-refractivity contribution in [3.05, 3.63) is 15.6 Å². The van der Waals surface area contributed by atoms with Crippen molar-refractivity contribution in [3.63, 3.8) is 0 Å². The summed E-state index contributed by atoms with van der Waals surface area (Å²) in [6, 6.07) is 0.300. The third-order valence-electron chi connectivity index (χ3n) is 2.39. The van der Waals surface area contributed by atoms with Gasteiger partial charge >= 0.3 is 12.1 Å². The van der Waals surface area contributed by atoms with E-state index in [0.29, 0.717) is 11.0 Å². The number of primary amides is 1. The summed E-state index contributed by atoms with van der Waals surface area (Å²) in [6.07, 6.45) is -4.19. The van der Waals surface area contributed by atoms with Crippen molar-refractivity contribution < 1.29 is 27.9 Å². The molecule has 0 bridgehead atoms. The van der Waals surface area contributed by atoms with Gasteiger partial charge in [-0.05, 0) is 6.92 Å². The molecule has 6 nitrogen and oxygen atoms in total. The highest BCUT2D eigenvalue weighted by molar-refractivity contribution is 7.13. The zero-order valence-electron chi connectivity index (χ0n) is 10.3. The summed E-state index contributed by atoms with van der Waals surface area (Å²) in [5, 5.41) is 10.9. The molecule has 0 aromatic carbocycles. The molecule has 4 N–H and O–H groups in total. The second-order valence-electron chi connectivity index (χ2n) is 3.92. The SMILES string of the molecule is CC1NCCc2nc(C(N)=O)sc21.O=C(O)C(F)(F)F. The Kier molecular flexibility index (Phi) is 5.06. The van der Waals surface area contributed by atoms with Crippen molar-refractivity contribution in [1.29, 1.82) is 0 Å². The monoisotopic (exact) mass is 311 g/mol. The molecule has 1 aliphatic heterocycles. The summed E-state index contributed by atoms with van der Waals surface area (Å²) in [5.41, 5.74) is 6.19. The molecule has 1 amide bonds. The average Bonchev–Trinajstić information content (AvgIpc) is 2.74. The van der Waals surface area contributed by atoms with Crippen LogP contribution in [-0.4, -0.2) is 34.7 Å². The number of halogens is 3. The van der Waals surface area contributed by atoms with Gasteiger partial charge in [0.15, 0.2) is 5.01 Å². The number of carboxylic acid groups (broad SMARTS) is 1.